The van der Waals surface area contributed by atoms with Gasteiger partial charge in [0.25, 0.3) is 0 Å². The van der Waals surface area contributed by atoms with Crippen LogP contribution in [0.5, 0.6) is 0 Å². The maximum absolute atomic E-state index is 11.6. The lowest BCUT2D eigenvalue weighted by Gasteiger charge is -2.35. The molecular formula is C11H19N3O3. The molecule has 2 aliphatic heterocycles. The Kier molecular flexibility index (Phi) is 4.09. The van der Waals surface area contributed by atoms with E-state index in [4.69, 9.17) is 4.74 Å². The van der Waals surface area contributed by atoms with Crippen molar-refractivity contribution in [2.75, 3.05) is 45.9 Å². The third kappa shape index (κ3) is 3.02. The molecule has 1 unspecified atom stereocenters. The van der Waals surface area contributed by atoms with Crippen LogP contribution >= 0.6 is 0 Å². The number of imide groups is 1. The Morgan fingerprint density at radius 2 is 2.06 bits per heavy atom. The molecule has 2 fully saturated rings. The fraction of sp³-hybridized carbons (Fsp3) is 0.818. The lowest BCUT2D eigenvalue weighted by molar-refractivity contribution is -0.150. The monoisotopic (exact) mass is 241 g/mol. The highest BCUT2D eigenvalue weighted by Gasteiger charge is 2.30. The van der Waals surface area contributed by atoms with E-state index in [1.165, 1.54) is 4.90 Å². The van der Waals surface area contributed by atoms with E-state index in [2.05, 4.69) is 17.1 Å². The molecule has 17 heavy (non-hydrogen) atoms. The fourth-order valence-electron chi connectivity index (χ4n) is 2.19. The first kappa shape index (κ1) is 12.5. The Labute approximate surface area is 101 Å². The molecule has 6 heteroatoms. The van der Waals surface area contributed by atoms with Gasteiger partial charge in [-0.2, -0.15) is 0 Å². The number of rotatable bonds is 3. The van der Waals surface area contributed by atoms with E-state index in [1.54, 1.807) is 0 Å². The minimum Gasteiger partial charge on any atom is -0.374 e. The van der Waals surface area contributed by atoms with Crippen LogP contribution < -0.4 is 5.32 Å². The molecule has 1 N–H and O–H groups in total. The number of amides is 2. The number of hydrogen-bond acceptors (Lipinski definition) is 5. The molecule has 2 rings (SSSR count). The second kappa shape index (κ2) is 5.57. The molecule has 2 aliphatic rings. The van der Waals surface area contributed by atoms with E-state index < -0.39 is 0 Å². The first-order valence-electron chi connectivity index (χ1n) is 6.08. The molecule has 0 aliphatic carbocycles. The van der Waals surface area contributed by atoms with Crippen LogP contribution in [-0.2, 0) is 14.3 Å². The third-order valence-corrected chi connectivity index (χ3v) is 3.21. The van der Waals surface area contributed by atoms with Crippen molar-refractivity contribution < 1.29 is 14.3 Å². The SMILES string of the molecule is CCN1CCOC(CN2C(=O)CNCC2=O)C1. The van der Waals surface area contributed by atoms with Gasteiger partial charge < -0.3 is 4.74 Å². The summed E-state index contributed by atoms with van der Waals surface area (Å²) in [5, 5.41) is 2.78. The third-order valence-electron chi connectivity index (χ3n) is 3.21. The average molecular weight is 241 g/mol. The summed E-state index contributed by atoms with van der Waals surface area (Å²) in [5.41, 5.74) is 0. The molecule has 96 valence electrons. The molecule has 0 aromatic carbocycles. The van der Waals surface area contributed by atoms with Gasteiger partial charge in [-0.05, 0) is 6.54 Å². The Bertz CT molecular complexity index is 292. The highest BCUT2D eigenvalue weighted by Crippen LogP contribution is 2.08. The van der Waals surface area contributed by atoms with Crippen molar-refractivity contribution >= 4 is 11.8 Å². The zero-order valence-corrected chi connectivity index (χ0v) is 10.1. The van der Waals surface area contributed by atoms with Gasteiger partial charge in [-0.3, -0.25) is 24.7 Å². The van der Waals surface area contributed by atoms with E-state index in [-0.39, 0.29) is 31.0 Å². The lowest BCUT2D eigenvalue weighted by atomic mass is 10.2. The highest BCUT2D eigenvalue weighted by molar-refractivity contribution is 5.99. The summed E-state index contributed by atoms with van der Waals surface area (Å²) in [6.45, 7) is 6.35. The number of hydrogen-bond donors (Lipinski definition) is 1. The number of morpholine rings is 1. The summed E-state index contributed by atoms with van der Waals surface area (Å²) in [7, 11) is 0. The van der Waals surface area contributed by atoms with Crippen molar-refractivity contribution in [1.29, 1.82) is 0 Å². The Morgan fingerprint density at radius 1 is 1.35 bits per heavy atom. The van der Waals surface area contributed by atoms with Crippen LogP contribution in [0.2, 0.25) is 0 Å². The van der Waals surface area contributed by atoms with Crippen molar-refractivity contribution in [3.8, 4) is 0 Å². The number of carbonyl (C=O) groups excluding carboxylic acids is 2. The van der Waals surface area contributed by atoms with Gasteiger partial charge in [-0.15, -0.1) is 0 Å². The molecule has 1 atom stereocenters. The van der Waals surface area contributed by atoms with Crippen LogP contribution in [0.25, 0.3) is 0 Å². The highest BCUT2D eigenvalue weighted by atomic mass is 16.5. The van der Waals surface area contributed by atoms with Crippen molar-refractivity contribution in [2.45, 2.75) is 13.0 Å². The standard InChI is InChI=1S/C11H19N3O3/c1-2-13-3-4-17-9(7-13)8-14-10(15)5-12-6-11(14)16/h9,12H,2-8H2,1H3. The fourth-order valence-corrected chi connectivity index (χ4v) is 2.19. The quantitative estimate of drug-likeness (QED) is 0.620. The summed E-state index contributed by atoms with van der Waals surface area (Å²) in [4.78, 5) is 26.8. The number of piperazine rings is 1. The maximum Gasteiger partial charge on any atom is 0.243 e. The minimum absolute atomic E-state index is 0.0466. The maximum atomic E-state index is 11.6. The Morgan fingerprint density at radius 3 is 2.71 bits per heavy atom. The van der Waals surface area contributed by atoms with Gasteiger partial charge in [-0.25, -0.2) is 0 Å². The van der Waals surface area contributed by atoms with Gasteiger partial charge in [-0.1, -0.05) is 6.92 Å². The smallest absolute Gasteiger partial charge is 0.243 e. The van der Waals surface area contributed by atoms with E-state index >= 15 is 0 Å². The average Bonchev–Trinajstić information content (AvgIpc) is 2.34. The molecule has 0 bridgehead atoms. The summed E-state index contributed by atoms with van der Waals surface area (Å²) in [6, 6.07) is 0. The molecule has 0 saturated carbocycles. The molecule has 0 aromatic rings. The first-order valence-corrected chi connectivity index (χ1v) is 6.08. The number of nitrogens with one attached hydrogen (secondary N) is 1. The number of carbonyl (C=O) groups is 2. The van der Waals surface area contributed by atoms with E-state index in [9.17, 15) is 9.59 Å². The molecular weight excluding hydrogens is 222 g/mol. The van der Waals surface area contributed by atoms with Gasteiger partial charge in [0.1, 0.15) is 0 Å². The van der Waals surface area contributed by atoms with Gasteiger partial charge in [0.05, 0.1) is 32.3 Å². The molecule has 2 saturated heterocycles. The predicted molar refractivity (Wildman–Crippen MR) is 61.4 cm³/mol. The van der Waals surface area contributed by atoms with Crippen molar-refractivity contribution in [3.63, 3.8) is 0 Å². The summed E-state index contributed by atoms with van der Waals surface area (Å²) in [6.07, 6.45) is -0.0466. The van der Waals surface area contributed by atoms with Crippen molar-refractivity contribution in [2.24, 2.45) is 0 Å². The summed E-state index contributed by atoms with van der Waals surface area (Å²) >= 11 is 0. The normalized spacial score (nSPS) is 27.6. The van der Waals surface area contributed by atoms with Gasteiger partial charge in [0.2, 0.25) is 11.8 Å². The van der Waals surface area contributed by atoms with Crippen LogP contribution in [0.15, 0.2) is 0 Å². The lowest BCUT2D eigenvalue weighted by Crippen LogP contribution is -2.56. The predicted octanol–water partition coefficient (Wildman–Crippen LogP) is -1.33. The van der Waals surface area contributed by atoms with Crippen molar-refractivity contribution in [1.82, 2.24) is 15.1 Å². The molecule has 2 heterocycles. The van der Waals surface area contributed by atoms with Crippen LogP contribution in [0, 0.1) is 0 Å². The second-order valence-electron chi connectivity index (χ2n) is 4.39. The Balaban J connectivity index is 1.90. The number of nitrogens with zero attached hydrogens (tertiary/aromatic N) is 2. The van der Waals surface area contributed by atoms with Crippen LogP contribution in [0.3, 0.4) is 0 Å². The molecule has 0 spiro atoms. The van der Waals surface area contributed by atoms with Gasteiger partial charge in [0, 0.05) is 13.1 Å². The molecule has 0 radical (unpaired) electrons. The topological polar surface area (TPSA) is 61.9 Å². The van der Waals surface area contributed by atoms with Gasteiger partial charge in [0.15, 0.2) is 0 Å². The Hall–Kier alpha value is -0.980. The van der Waals surface area contributed by atoms with E-state index in [1.807, 2.05) is 0 Å². The number of ether oxygens (including phenoxy) is 1. The second-order valence-corrected chi connectivity index (χ2v) is 4.39. The van der Waals surface area contributed by atoms with Gasteiger partial charge >= 0.3 is 0 Å². The largest absolute Gasteiger partial charge is 0.374 e. The number of likely N-dealkylation sites (N-methyl/N-ethyl adjacent to an activating group) is 1. The first-order chi connectivity index (χ1) is 8.20. The molecule has 0 aromatic heterocycles. The minimum atomic E-state index is -0.154. The van der Waals surface area contributed by atoms with E-state index in [0.29, 0.717) is 13.2 Å². The van der Waals surface area contributed by atoms with Crippen molar-refractivity contribution in [3.05, 3.63) is 0 Å². The molecule has 2 amide bonds. The van der Waals surface area contributed by atoms with Crippen LogP contribution in [-0.4, -0.2) is 73.6 Å². The molecule has 6 nitrogen and oxygen atoms in total. The summed E-state index contributed by atoms with van der Waals surface area (Å²) < 4.78 is 5.60. The zero-order chi connectivity index (χ0) is 12.3. The summed E-state index contributed by atoms with van der Waals surface area (Å²) in [5.74, 6) is -0.308. The van der Waals surface area contributed by atoms with Crippen LogP contribution in [0.1, 0.15) is 6.92 Å². The van der Waals surface area contributed by atoms with Crippen LogP contribution in [0.4, 0.5) is 0 Å². The van der Waals surface area contributed by atoms with E-state index in [0.717, 1.165) is 19.6 Å². The zero-order valence-electron chi connectivity index (χ0n) is 10.1.